The van der Waals surface area contributed by atoms with Crippen LogP contribution in [0.2, 0.25) is 0 Å². The number of methoxy groups -OCH3 is 1. The van der Waals surface area contributed by atoms with Gasteiger partial charge in [-0.1, -0.05) is 12.1 Å². The molecule has 1 amide bonds. The highest BCUT2D eigenvalue weighted by Crippen LogP contribution is 2.41. The Balaban J connectivity index is 1.82. The van der Waals surface area contributed by atoms with Gasteiger partial charge < -0.3 is 15.8 Å². The molecule has 1 aliphatic rings. The van der Waals surface area contributed by atoms with Crippen molar-refractivity contribution in [1.29, 1.82) is 0 Å². The molecule has 3 N–H and O–H groups in total. The zero-order chi connectivity index (χ0) is 14.4. The van der Waals surface area contributed by atoms with Gasteiger partial charge in [0.15, 0.2) is 0 Å². The first-order valence-corrected chi connectivity index (χ1v) is 7.36. The average molecular weight is 276 g/mol. The summed E-state index contributed by atoms with van der Waals surface area (Å²) >= 11 is 0. The van der Waals surface area contributed by atoms with E-state index in [1.807, 2.05) is 12.1 Å². The number of amides is 1. The maximum absolute atomic E-state index is 10.7. The summed E-state index contributed by atoms with van der Waals surface area (Å²) in [7, 11) is 1.68. The molecule has 0 heterocycles. The van der Waals surface area contributed by atoms with Crippen LogP contribution in [0.15, 0.2) is 24.3 Å². The normalized spacial score (nSPS) is 15.8. The highest BCUT2D eigenvalue weighted by molar-refractivity contribution is 5.73. The Kier molecular flexibility index (Phi) is 5.41. The molecular weight excluding hydrogens is 252 g/mol. The van der Waals surface area contributed by atoms with Gasteiger partial charge >= 0.3 is 0 Å². The van der Waals surface area contributed by atoms with Crippen LogP contribution in [-0.4, -0.2) is 19.6 Å². The third kappa shape index (κ3) is 4.53. The summed E-state index contributed by atoms with van der Waals surface area (Å²) < 4.78 is 5.20. The number of carbonyl (C=O) groups is 1. The van der Waals surface area contributed by atoms with E-state index in [1.165, 1.54) is 18.4 Å². The van der Waals surface area contributed by atoms with Crippen LogP contribution < -0.4 is 15.8 Å². The summed E-state index contributed by atoms with van der Waals surface area (Å²) in [6, 6.07) is 8.73. The molecule has 1 atom stereocenters. The summed E-state index contributed by atoms with van der Waals surface area (Å²) in [5.41, 5.74) is 6.46. The second-order valence-corrected chi connectivity index (χ2v) is 5.47. The van der Waals surface area contributed by atoms with Gasteiger partial charge in [0, 0.05) is 12.5 Å². The maximum Gasteiger partial charge on any atom is 0.217 e. The molecule has 110 valence electrons. The number of nitrogens with two attached hydrogens (primary N) is 1. The summed E-state index contributed by atoms with van der Waals surface area (Å²) in [6.07, 6.45) is 4.93. The molecule has 0 spiro atoms. The van der Waals surface area contributed by atoms with Crippen LogP contribution in [0.25, 0.3) is 0 Å². The number of unbranched alkanes of at least 4 members (excludes halogenated alkanes) is 1. The minimum Gasteiger partial charge on any atom is -0.497 e. The lowest BCUT2D eigenvalue weighted by atomic mass is 10.0. The summed E-state index contributed by atoms with van der Waals surface area (Å²) in [5, 5.41) is 3.62. The fourth-order valence-electron chi connectivity index (χ4n) is 2.48. The Labute approximate surface area is 120 Å². The molecule has 0 aliphatic heterocycles. The lowest BCUT2D eigenvalue weighted by Crippen LogP contribution is -2.24. The number of nitrogens with one attached hydrogen (secondary N) is 1. The van der Waals surface area contributed by atoms with Crippen molar-refractivity contribution in [1.82, 2.24) is 5.32 Å². The number of rotatable bonds is 9. The average Bonchev–Trinajstić information content (AvgIpc) is 3.27. The molecule has 20 heavy (non-hydrogen) atoms. The van der Waals surface area contributed by atoms with E-state index in [-0.39, 0.29) is 5.91 Å². The van der Waals surface area contributed by atoms with Gasteiger partial charge in [-0.05, 0) is 55.8 Å². The van der Waals surface area contributed by atoms with Crippen LogP contribution in [0, 0.1) is 5.92 Å². The van der Waals surface area contributed by atoms with Gasteiger partial charge in [-0.15, -0.1) is 0 Å². The van der Waals surface area contributed by atoms with E-state index in [9.17, 15) is 4.79 Å². The van der Waals surface area contributed by atoms with Gasteiger partial charge in [-0.3, -0.25) is 4.79 Å². The Morgan fingerprint density at radius 1 is 1.35 bits per heavy atom. The van der Waals surface area contributed by atoms with E-state index < -0.39 is 0 Å². The smallest absolute Gasteiger partial charge is 0.217 e. The van der Waals surface area contributed by atoms with Crippen molar-refractivity contribution in [3.63, 3.8) is 0 Å². The van der Waals surface area contributed by atoms with E-state index in [4.69, 9.17) is 10.5 Å². The van der Waals surface area contributed by atoms with Crippen molar-refractivity contribution in [2.24, 2.45) is 11.7 Å². The lowest BCUT2D eigenvalue weighted by molar-refractivity contribution is -0.118. The molecule has 0 saturated heterocycles. The third-order valence-corrected chi connectivity index (χ3v) is 3.78. The fraction of sp³-hybridized carbons (Fsp3) is 0.562. The SMILES string of the molecule is COc1ccc(C(NCCCCC(N)=O)C2CC2)cc1. The Morgan fingerprint density at radius 3 is 2.60 bits per heavy atom. The molecule has 1 aromatic rings. The predicted molar refractivity (Wildman–Crippen MR) is 79.5 cm³/mol. The van der Waals surface area contributed by atoms with Crippen LogP contribution in [0.1, 0.15) is 43.7 Å². The van der Waals surface area contributed by atoms with Gasteiger partial charge in [0.25, 0.3) is 0 Å². The van der Waals surface area contributed by atoms with Crippen LogP contribution in [-0.2, 0) is 4.79 Å². The van der Waals surface area contributed by atoms with Gasteiger partial charge in [-0.2, -0.15) is 0 Å². The molecule has 0 radical (unpaired) electrons. The second-order valence-electron chi connectivity index (χ2n) is 5.47. The molecule has 2 rings (SSSR count). The number of ether oxygens (including phenoxy) is 1. The second kappa shape index (κ2) is 7.29. The monoisotopic (exact) mass is 276 g/mol. The van der Waals surface area contributed by atoms with Crippen molar-refractivity contribution < 1.29 is 9.53 Å². The first kappa shape index (κ1) is 14.9. The summed E-state index contributed by atoms with van der Waals surface area (Å²) in [4.78, 5) is 10.7. The van der Waals surface area contributed by atoms with Crippen LogP contribution in [0.5, 0.6) is 5.75 Å². The molecule has 4 heteroatoms. The van der Waals surface area contributed by atoms with Crippen molar-refractivity contribution in [2.45, 2.75) is 38.1 Å². The maximum atomic E-state index is 10.7. The Bertz CT molecular complexity index is 427. The van der Waals surface area contributed by atoms with E-state index >= 15 is 0 Å². The lowest BCUT2D eigenvalue weighted by Gasteiger charge is -2.19. The zero-order valence-corrected chi connectivity index (χ0v) is 12.1. The minimum atomic E-state index is -0.209. The molecule has 1 aliphatic carbocycles. The van der Waals surface area contributed by atoms with E-state index in [2.05, 4.69) is 17.4 Å². The van der Waals surface area contributed by atoms with Crippen LogP contribution >= 0.6 is 0 Å². The predicted octanol–water partition coefficient (Wildman–Crippen LogP) is 2.39. The minimum absolute atomic E-state index is 0.209. The van der Waals surface area contributed by atoms with E-state index in [0.717, 1.165) is 31.1 Å². The number of hydrogen-bond acceptors (Lipinski definition) is 3. The Morgan fingerprint density at radius 2 is 2.05 bits per heavy atom. The van der Waals surface area contributed by atoms with Crippen LogP contribution in [0.3, 0.4) is 0 Å². The number of carbonyl (C=O) groups excluding carboxylic acids is 1. The van der Waals surface area contributed by atoms with E-state index in [1.54, 1.807) is 7.11 Å². The number of primary amides is 1. The fourth-order valence-corrected chi connectivity index (χ4v) is 2.48. The van der Waals surface area contributed by atoms with Crippen molar-refractivity contribution in [3.05, 3.63) is 29.8 Å². The summed E-state index contributed by atoms with van der Waals surface area (Å²) in [6.45, 7) is 0.931. The van der Waals surface area contributed by atoms with Crippen molar-refractivity contribution in [2.75, 3.05) is 13.7 Å². The first-order chi connectivity index (χ1) is 9.70. The molecular formula is C16H24N2O2. The summed E-state index contributed by atoms with van der Waals surface area (Å²) in [5.74, 6) is 1.43. The molecule has 0 bridgehead atoms. The van der Waals surface area contributed by atoms with Crippen LogP contribution in [0.4, 0.5) is 0 Å². The third-order valence-electron chi connectivity index (χ3n) is 3.78. The molecule has 0 aromatic heterocycles. The quantitative estimate of drug-likeness (QED) is 0.681. The molecule has 4 nitrogen and oxygen atoms in total. The highest BCUT2D eigenvalue weighted by atomic mass is 16.5. The zero-order valence-electron chi connectivity index (χ0n) is 12.1. The molecule has 1 aromatic carbocycles. The van der Waals surface area contributed by atoms with E-state index in [0.29, 0.717) is 12.5 Å². The highest BCUT2D eigenvalue weighted by Gasteiger charge is 2.31. The molecule has 1 saturated carbocycles. The van der Waals surface area contributed by atoms with Crippen molar-refractivity contribution in [3.8, 4) is 5.75 Å². The topological polar surface area (TPSA) is 64.3 Å². The van der Waals surface area contributed by atoms with Gasteiger partial charge in [0.2, 0.25) is 5.91 Å². The van der Waals surface area contributed by atoms with Gasteiger partial charge in [0.1, 0.15) is 5.75 Å². The Hall–Kier alpha value is -1.55. The number of hydrogen-bond donors (Lipinski definition) is 2. The molecule has 1 fully saturated rings. The van der Waals surface area contributed by atoms with Gasteiger partial charge in [-0.25, -0.2) is 0 Å². The van der Waals surface area contributed by atoms with Gasteiger partial charge in [0.05, 0.1) is 7.11 Å². The number of benzene rings is 1. The standard InChI is InChI=1S/C16H24N2O2/c1-20-14-9-7-13(8-10-14)16(12-5-6-12)18-11-3-2-4-15(17)19/h7-10,12,16,18H,2-6,11H2,1H3,(H2,17,19). The molecule has 1 unspecified atom stereocenters. The largest absolute Gasteiger partial charge is 0.497 e. The van der Waals surface area contributed by atoms with Crippen molar-refractivity contribution >= 4 is 5.91 Å². The first-order valence-electron chi connectivity index (χ1n) is 7.36.